The second-order valence-corrected chi connectivity index (χ2v) is 4.40. The number of Topliss-reactive ketones (excluding diaryl/α,β-unsaturated/α-hetero) is 1. The number of nitrogens with zero attached hydrogens (tertiary/aromatic N) is 1. The molecular weight excluding hydrogens is 252 g/mol. The number of anilines is 1. The Morgan fingerprint density at radius 1 is 1.53 bits per heavy atom. The number of carbonyl (C=O) groups is 2. The second kappa shape index (κ2) is 5.70. The van der Waals surface area contributed by atoms with E-state index in [0.717, 1.165) is 6.92 Å². The number of hydrogen-bond donors (Lipinski definition) is 5. The number of carbonyl (C=O) groups excluding carboxylic acids is 1. The first-order valence-electron chi connectivity index (χ1n) is 5.80. The molecule has 1 atom stereocenters. The maximum absolute atomic E-state index is 11.2. The lowest BCUT2D eigenvalue weighted by Crippen LogP contribution is -2.54. The van der Waals surface area contributed by atoms with Crippen LogP contribution in [0.3, 0.4) is 0 Å². The van der Waals surface area contributed by atoms with E-state index < -0.39 is 17.3 Å². The number of ketones is 1. The Balaban J connectivity index is 2.46. The van der Waals surface area contributed by atoms with Crippen LogP contribution in [0.5, 0.6) is 5.88 Å². The predicted molar refractivity (Wildman–Crippen MR) is 67.9 cm³/mol. The van der Waals surface area contributed by atoms with E-state index in [1.165, 1.54) is 0 Å². The molecule has 0 saturated heterocycles. The fourth-order valence-corrected chi connectivity index (χ4v) is 1.54. The van der Waals surface area contributed by atoms with Crippen LogP contribution >= 0.6 is 0 Å². The molecule has 0 aliphatic rings. The number of aromatic amines is 1. The third-order valence-corrected chi connectivity index (χ3v) is 2.91. The van der Waals surface area contributed by atoms with Crippen LogP contribution in [-0.4, -0.2) is 44.0 Å². The minimum absolute atomic E-state index is 0.0241. The molecule has 0 spiro atoms. The number of aromatic hydroxyl groups is 1. The van der Waals surface area contributed by atoms with Crippen LogP contribution in [0.25, 0.3) is 0 Å². The molecule has 0 unspecified atom stereocenters. The molecule has 19 heavy (non-hydrogen) atoms. The fraction of sp³-hybridized carbons (Fsp3) is 0.545. The number of aromatic nitrogens is 2. The molecule has 0 aliphatic carbocycles. The van der Waals surface area contributed by atoms with Crippen molar-refractivity contribution in [3.63, 3.8) is 0 Å². The molecule has 0 saturated carbocycles. The van der Waals surface area contributed by atoms with Gasteiger partial charge in [0.25, 0.3) is 0 Å². The summed E-state index contributed by atoms with van der Waals surface area (Å²) in [6.45, 7) is 3.21. The number of aliphatic carboxylic acids is 1. The van der Waals surface area contributed by atoms with Crippen LogP contribution < -0.4 is 11.1 Å². The fourth-order valence-electron chi connectivity index (χ4n) is 1.54. The monoisotopic (exact) mass is 270 g/mol. The summed E-state index contributed by atoms with van der Waals surface area (Å²) in [6.07, 6.45) is 0.402. The molecule has 0 aliphatic heterocycles. The summed E-state index contributed by atoms with van der Waals surface area (Å²) in [4.78, 5) is 28.8. The summed E-state index contributed by atoms with van der Waals surface area (Å²) >= 11 is 0. The lowest BCUT2D eigenvalue weighted by Gasteiger charge is -2.21. The summed E-state index contributed by atoms with van der Waals surface area (Å²) in [5.74, 6) is -1.61. The zero-order valence-corrected chi connectivity index (χ0v) is 10.9. The molecule has 6 N–H and O–H groups in total. The Bertz CT molecular complexity index is 450. The van der Waals surface area contributed by atoms with Crippen molar-refractivity contribution in [3.05, 3.63) is 5.69 Å². The zero-order chi connectivity index (χ0) is 14.6. The highest BCUT2D eigenvalue weighted by molar-refractivity contribution is 6.06. The number of carboxylic acid groups (broad SMARTS) is 1. The third-order valence-electron chi connectivity index (χ3n) is 2.91. The first-order valence-corrected chi connectivity index (χ1v) is 5.80. The molecule has 1 aromatic rings. The second-order valence-electron chi connectivity index (χ2n) is 4.40. The van der Waals surface area contributed by atoms with Crippen molar-refractivity contribution < 1.29 is 19.8 Å². The molecular formula is C11H18N4O4. The average Bonchev–Trinajstić information content (AvgIpc) is 2.63. The first-order chi connectivity index (χ1) is 8.77. The number of nitrogens with one attached hydrogen (secondary N) is 2. The molecule has 1 heterocycles. The number of hydrogen-bond acceptors (Lipinski definition) is 6. The predicted octanol–water partition coefficient (Wildman–Crippen LogP) is -0.0131. The highest BCUT2D eigenvalue weighted by atomic mass is 16.4. The van der Waals surface area contributed by atoms with Gasteiger partial charge in [-0.15, -0.1) is 0 Å². The van der Waals surface area contributed by atoms with E-state index in [1.807, 2.05) is 0 Å². The number of imidazole rings is 1. The Morgan fingerprint density at radius 2 is 2.16 bits per heavy atom. The van der Waals surface area contributed by atoms with Crippen molar-refractivity contribution in [3.8, 4) is 5.88 Å². The molecule has 0 amide bonds. The van der Waals surface area contributed by atoms with E-state index in [4.69, 9.17) is 10.8 Å². The van der Waals surface area contributed by atoms with Gasteiger partial charge in [-0.3, -0.25) is 4.79 Å². The molecule has 0 radical (unpaired) electrons. The van der Waals surface area contributed by atoms with Crippen molar-refractivity contribution in [2.75, 3.05) is 11.9 Å². The van der Waals surface area contributed by atoms with Gasteiger partial charge in [0.05, 0.1) is 5.69 Å². The maximum atomic E-state index is 11.2. The minimum Gasteiger partial charge on any atom is -0.492 e. The van der Waals surface area contributed by atoms with Gasteiger partial charge in [-0.2, -0.15) is 4.98 Å². The topological polar surface area (TPSA) is 141 Å². The van der Waals surface area contributed by atoms with Crippen molar-refractivity contribution >= 4 is 17.7 Å². The highest BCUT2D eigenvalue weighted by Crippen LogP contribution is 2.15. The normalized spacial score (nSPS) is 13.8. The van der Waals surface area contributed by atoms with Crippen LogP contribution in [0.2, 0.25) is 0 Å². The first kappa shape index (κ1) is 15.0. The third kappa shape index (κ3) is 3.44. The lowest BCUT2D eigenvalue weighted by molar-refractivity contribution is -0.148. The number of nitrogens with two attached hydrogens (primary N) is 1. The zero-order valence-electron chi connectivity index (χ0n) is 10.9. The van der Waals surface area contributed by atoms with E-state index >= 15 is 0 Å². The summed E-state index contributed by atoms with van der Waals surface area (Å²) < 4.78 is 0. The van der Waals surface area contributed by atoms with Crippen molar-refractivity contribution in [1.29, 1.82) is 0 Å². The summed E-state index contributed by atoms with van der Waals surface area (Å²) in [7, 11) is 0. The van der Waals surface area contributed by atoms with Crippen LogP contribution in [0.4, 0.5) is 5.95 Å². The van der Waals surface area contributed by atoms with Gasteiger partial charge >= 0.3 is 5.97 Å². The molecule has 8 heteroatoms. The van der Waals surface area contributed by atoms with Gasteiger partial charge in [-0.1, -0.05) is 0 Å². The average molecular weight is 270 g/mol. The Morgan fingerprint density at radius 3 is 2.58 bits per heavy atom. The molecule has 106 valence electrons. The van der Waals surface area contributed by atoms with Crippen LogP contribution in [0, 0.1) is 6.92 Å². The number of aryl methyl sites for hydroxylation is 1. The quantitative estimate of drug-likeness (QED) is 0.346. The molecule has 0 bridgehead atoms. The standard InChI is InChI=1S/C11H18N4O4/c1-6-8(17)15-10(14-6)13-5-3-4-11(12,7(2)16)9(18)19/h17H,3-5,12H2,1-2H3,(H,18,19)(H2,13,14,15)/t11-/m1/s1. The van der Waals surface area contributed by atoms with Crippen molar-refractivity contribution in [2.24, 2.45) is 5.73 Å². The molecule has 1 aromatic heterocycles. The molecule has 8 nitrogen and oxygen atoms in total. The molecule has 0 fully saturated rings. The summed E-state index contributed by atoms with van der Waals surface area (Å²) in [6, 6.07) is 0. The number of carboxylic acids is 1. The van der Waals surface area contributed by atoms with Crippen molar-refractivity contribution in [1.82, 2.24) is 9.97 Å². The van der Waals surface area contributed by atoms with Gasteiger partial charge < -0.3 is 26.2 Å². The SMILES string of the molecule is CC(=O)[C@](N)(CCCNc1nc(O)c(C)[nH]1)C(=O)O. The lowest BCUT2D eigenvalue weighted by atomic mass is 9.90. The number of rotatable bonds is 7. The van der Waals surface area contributed by atoms with Crippen LogP contribution in [0.1, 0.15) is 25.5 Å². The van der Waals surface area contributed by atoms with Gasteiger partial charge in [-0.05, 0) is 26.7 Å². The summed E-state index contributed by atoms with van der Waals surface area (Å²) in [5.41, 5.74) is 4.24. The van der Waals surface area contributed by atoms with Gasteiger partial charge in [0, 0.05) is 6.54 Å². The minimum atomic E-state index is -1.84. The Kier molecular flexibility index (Phi) is 4.49. The van der Waals surface area contributed by atoms with E-state index in [9.17, 15) is 14.7 Å². The van der Waals surface area contributed by atoms with Gasteiger partial charge in [-0.25, -0.2) is 4.79 Å². The van der Waals surface area contributed by atoms with Crippen LogP contribution in [-0.2, 0) is 9.59 Å². The smallest absolute Gasteiger partial charge is 0.331 e. The molecule has 0 aromatic carbocycles. The number of H-pyrrole nitrogens is 1. The largest absolute Gasteiger partial charge is 0.492 e. The van der Waals surface area contributed by atoms with E-state index in [0.29, 0.717) is 24.6 Å². The highest BCUT2D eigenvalue weighted by Gasteiger charge is 2.38. The van der Waals surface area contributed by atoms with Gasteiger partial charge in [0.15, 0.2) is 11.3 Å². The van der Waals surface area contributed by atoms with Gasteiger partial charge in [0.2, 0.25) is 11.8 Å². The molecule has 1 rings (SSSR count). The Hall–Kier alpha value is -2.09. The van der Waals surface area contributed by atoms with Crippen LogP contribution in [0.15, 0.2) is 0 Å². The van der Waals surface area contributed by atoms with Gasteiger partial charge in [0.1, 0.15) is 0 Å². The van der Waals surface area contributed by atoms with E-state index in [2.05, 4.69) is 15.3 Å². The Labute approximate surface area is 110 Å². The van der Waals surface area contributed by atoms with E-state index in [1.54, 1.807) is 6.92 Å². The summed E-state index contributed by atoms with van der Waals surface area (Å²) in [5, 5.41) is 21.1. The van der Waals surface area contributed by atoms with Crippen molar-refractivity contribution in [2.45, 2.75) is 32.2 Å². The van der Waals surface area contributed by atoms with E-state index in [-0.39, 0.29) is 12.3 Å². The maximum Gasteiger partial charge on any atom is 0.331 e.